The lowest BCUT2D eigenvalue weighted by molar-refractivity contribution is -0.386. The zero-order chi connectivity index (χ0) is 27.7. The average molecular weight is 531 g/mol. The van der Waals surface area contributed by atoms with E-state index >= 15 is 0 Å². The molecule has 2 aliphatic rings. The van der Waals surface area contributed by atoms with Crippen molar-refractivity contribution in [1.82, 2.24) is 5.32 Å². The monoisotopic (exact) mass is 530 g/mol. The molecule has 1 aliphatic carbocycles. The zero-order valence-corrected chi connectivity index (χ0v) is 21.3. The van der Waals surface area contributed by atoms with Gasteiger partial charge in [0.05, 0.1) is 23.9 Å². The van der Waals surface area contributed by atoms with E-state index in [1.165, 1.54) is 19.2 Å². The highest BCUT2D eigenvalue weighted by molar-refractivity contribution is 6.04. The van der Waals surface area contributed by atoms with Crippen LogP contribution in [0, 0.1) is 10.1 Å². The molecule has 1 aliphatic heterocycles. The minimum absolute atomic E-state index is 0.00262. The molecule has 0 bridgehead atoms. The van der Waals surface area contributed by atoms with Crippen molar-refractivity contribution < 1.29 is 33.5 Å². The number of methoxy groups -OCH3 is 1. The maximum absolute atomic E-state index is 13.7. The summed E-state index contributed by atoms with van der Waals surface area (Å²) >= 11 is 0. The third-order valence-corrected chi connectivity index (χ3v) is 7.03. The first kappa shape index (κ1) is 25.8. The van der Waals surface area contributed by atoms with Gasteiger partial charge in [0.2, 0.25) is 5.75 Å². The summed E-state index contributed by atoms with van der Waals surface area (Å²) in [5.74, 6) is -2.21. The number of rotatable bonds is 7. The highest BCUT2D eigenvalue weighted by atomic mass is 16.6. The molecule has 3 aromatic rings. The van der Waals surface area contributed by atoms with E-state index in [2.05, 4.69) is 5.32 Å². The quantitative estimate of drug-likeness (QED) is 0.245. The maximum atomic E-state index is 13.7. The first-order valence-corrected chi connectivity index (χ1v) is 12.3. The fourth-order valence-corrected chi connectivity index (χ4v) is 5.24. The van der Waals surface area contributed by atoms with Gasteiger partial charge in [0.1, 0.15) is 12.4 Å². The normalized spacial score (nSPS) is 18.9. The number of carbonyl (C=O) groups excluding carboxylic acids is 2. The van der Waals surface area contributed by atoms with Crippen LogP contribution < -0.4 is 10.1 Å². The molecule has 10 heteroatoms. The molecule has 200 valence electrons. The minimum atomic E-state index is -0.984. The van der Waals surface area contributed by atoms with E-state index in [0.29, 0.717) is 29.1 Å². The summed E-state index contributed by atoms with van der Waals surface area (Å²) in [6.07, 6.45) is 2.12. The predicted octanol–water partition coefficient (Wildman–Crippen LogP) is 5.01. The first-order chi connectivity index (χ1) is 18.8. The lowest BCUT2D eigenvalue weighted by atomic mass is 9.72. The molecule has 2 N–H and O–H groups in total. The van der Waals surface area contributed by atoms with Crippen LogP contribution in [0.1, 0.15) is 48.5 Å². The van der Waals surface area contributed by atoms with Gasteiger partial charge in [-0.2, -0.15) is 0 Å². The fraction of sp³-hybridized carbons (Fsp3) is 0.241. The Kier molecular flexibility index (Phi) is 6.93. The van der Waals surface area contributed by atoms with Gasteiger partial charge in [-0.05, 0) is 42.7 Å². The summed E-state index contributed by atoms with van der Waals surface area (Å²) in [5.41, 5.74) is 1.95. The van der Waals surface area contributed by atoms with Crippen LogP contribution in [0.15, 0.2) is 87.8 Å². The van der Waals surface area contributed by atoms with Crippen molar-refractivity contribution in [3.63, 3.8) is 0 Å². The Morgan fingerprint density at radius 1 is 1.18 bits per heavy atom. The Bertz CT molecular complexity index is 1510. The van der Waals surface area contributed by atoms with Gasteiger partial charge >= 0.3 is 11.7 Å². The van der Waals surface area contributed by atoms with Crippen LogP contribution in [-0.2, 0) is 20.9 Å². The second-order valence-electron chi connectivity index (χ2n) is 9.44. The number of allylic oxidation sites excluding steroid dienone is 3. The number of dihydropyridines is 1. The van der Waals surface area contributed by atoms with E-state index in [-0.39, 0.29) is 41.6 Å². The number of nitro groups is 1. The average Bonchev–Trinajstić information content (AvgIpc) is 3.47. The summed E-state index contributed by atoms with van der Waals surface area (Å²) in [6, 6.07) is 15.3. The molecular weight excluding hydrogens is 504 g/mol. The highest BCUT2D eigenvalue weighted by Gasteiger charge is 2.43. The van der Waals surface area contributed by atoms with E-state index in [0.717, 1.165) is 5.56 Å². The van der Waals surface area contributed by atoms with E-state index < -0.39 is 28.2 Å². The van der Waals surface area contributed by atoms with Crippen molar-refractivity contribution in [2.75, 3.05) is 7.11 Å². The van der Waals surface area contributed by atoms with Crippen LogP contribution in [0.5, 0.6) is 11.5 Å². The lowest BCUT2D eigenvalue weighted by Crippen LogP contribution is -2.36. The number of ketones is 1. The standard InChI is InChI=1S/C29H26N2O8/c1-16-25(29(34)39-15-17-7-4-3-5-8-17)26(19-12-21(31(35)36)28(33)24(14-19)37-2)27-20(30-16)11-18(13-22(27)32)23-9-6-10-38-23/h3-10,12,14,18,26,30,33H,11,13,15H2,1-2H3. The number of esters is 1. The number of Topliss-reactive ketones (excluding diaryl/α,β-unsaturated/α-hetero) is 1. The maximum Gasteiger partial charge on any atom is 0.337 e. The predicted molar refractivity (Wildman–Crippen MR) is 139 cm³/mol. The molecule has 0 fully saturated rings. The molecule has 0 radical (unpaired) electrons. The number of phenolic OH excluding ortho intramolecular Hbond substituents is 1. The van der Waals surface area contributed by atoms with Crippen molar-refractivity contribution in [3.8, 4) is 11.5 Å². The third-order valence-electron chi connectivity index (χ3n) is 7.03. The largest absolute Gasteiger partial charge is 0.500 e. The molecule has 1 aromatic heterocycles. The number of nitrogens with zero attached hydrogens (tertiary/aromatic N) is 1. The van der Waals surface area contributed by atoms with Crippen LogP contribution in [0.2, 0.25) is 0 Å². The number of hydrogen-bond donors (Lipinski definition) is 2. The number of furan rings is 1. The van der Waals surface area contributed by atoms with Gasteiger partial charge in [0, 0.05) is 41.3 Å². The molecule has 10 nitrogen and oxygen atoms in total. The summed E-state index contributed by atoms with van der Waals surface area (Å²) in [5, 5.41) is 25.4. The Hall–Kier alpha value is -4.86. The van der Waals surface area contributed by atoms with E-state index in [1.54, 1.807) is 19.3 Å². The third kappa shape index (κ3) is 4.88. The number of nitrogens with one attached hydrogen (secondary N) is 1. The number of phenols is 1. The van der Waals surface area contributed by atoms with Gasteiger partial charge in [-0.25, -0.2) is 4.79 Å². The molecule has 2 atom stereocenters. The number of carbonyl (C=O) groups is 2. The Labute approximate surface area is 223 Å². The molecule has 0 saturated carbocycles. The number of benzene rings is 2. The van der Waals surface area contributed by atoms with Crippen LogP contribution in [0.3, 0.4) is 0 Å². The van der Waals surface area contributed by atoms with E-state index in [4.69, 9.17) is 13.9 Å². The first-order valence-electron chi connectivity index (χ1n) is 12.3. The summed E-state index contributed by atoms with van der Waals surface area (Å²) in [4.78, 5) is 38.3. The van der Waals surface area contributed by atoms with Crippen molar-refractivity contribution >= 4 is 17.4 Å². The summed E-state index contributed by atoms with van der Waals surface area (Å²) in [7, 11) is 1.27. The van der Waals surface area contributed by atoms with Gasteiger partial charge < -0.3 is 24.3 Å². The molecule has 0 amide bonds. The summed E-state index contributed by atoms with van der Waals surface area (Å²) in [6.45, 7) is 1.70. The van der Waals surface area contributed by atoms with Crippen LogP contribution in [-0.4, -0.2) is 28.9 Å². The number of aromatic hydroxyl groups is 1. The van der Waals surface area contributed by atoms with Gasteiger partial charge in [0.25, 0.3) is 0 Å². The molecule has 39 heavy (non-hydrogen) atoms. The Morgan fingerprint density at radius 3 is 2.62 bits per heavy atom. The smallest absolute Gasteiger partial charge is 0.337 e. The fourth-order valence-electron chi connectivity index (χ4n) is 5.24. The molecular formula is C29H26N2O8. The lowest BCUT2D eigenvalue weighted by Gasteiger charge is -2.36. The zero-order valence-electron chi connectivity index (χ0n) is 21.3. The molecule has 2 unspecified atom stereocenters. The van der Waals surface area contributed by atoms with Gasteiger partial charge in [0.15, 0.2) is 11.5 Å². The van der Waals surface area contributed by atoms with Crippen LogP contribution in [0.4, 0.5) is 5.69 Å². The van der Waals surface area contributed by atoms with E-state index in [9.17, 15) is 24.8 Å². The second kappa shape index (κ2) is 10.5. The highest BCUT2D eigenvalue weighted by Crippen LogP contribution is 2.48. The second-order valence-corrected chi connectivity index (χ2v) is 9.44. The van der Waals surface area contributed by atoms with Gasteiger partial charge in [-0.3, -0.25) is 14.9 Å². The number of nitro benzene ring substituents is 1. The molecule has 0 saturated heterocycles. The van der Waals surface area contributed by atoms with E-state index in [1.807, 2.05) is 36.4 Å². The Balaban J connectivity index is 1.61. The SMILES string of the molecule is COc1cc(C2C(C(=O)OCc3ccccc3)=C(C)NC3=C2C(=O)CC(c2ccco2)C3)cc([N+](=O)[O-])c1O. The van der Waals surface area contributed by atoms with Crippen molar-refractivity contribution in [1.29, 1.82) is 0 Å². The topological polar surface area (TPSA) is 141 Å². The van der Waals surface area contributed by atoms with Gasteiger partial charge in [-0.15, -0.1) is 0 Å². The van der Waals surface area contributed by atoms with Crippen molar-refractivity contribution in [2.45, 2.75) is 38.2 Å². The van der Waals surface area contributed by atoms with Gasteiger partial charge in [-0.1, -0.05) is 30.3 Å². The van der Waals surface area contributed by atoms with Crippen LogP contribution in [0.25, 0.3) is 0 Å². The van der Waals surface area contributed by atoms with Crippen molar-refractivity contribution in [3.05, 3.63) is 110 Å². The number of ether oxygens (including phenoxy) is 2. The summed E-state index contributed by atoms with van der Waals surface area (Å²) < 4.78 is 16.4. The molecule has 2 aromatic carbocycles. The molecule has 2 heterocycles. The Morgan fingerprint density at radius 2 is 1.95 bits per heavy atom. The van der Waals surface area contributed by atoms with Crippen LogP contribution >= 0.6 is 0 Å². The number of hydrogen-bond acceptors (Lipinski definition) is 9. The minimum Gasteiger partial charge on any atom is -0.500 e. The molecule has 5 rings (SSSR count). The van der Waals surface area contributed by atoms with Crippen molar-refractivity contribution in [2.24, 2.45) is 0 Å². The molecule has 0 spiro atoms.